The van der Waals surface area contributed by atoms with Crippen molar-refractivity contribution >= 4 is 25.6 Å². The van der Waals surface area contributed by atoms with Crippen molar-refractivity contribution in [3.05, 3.63) is 29.1 Å². The van der Waals surface area contributed by atoms with Crippen molar-refractivity contribution in [1.82, 2.24) is 5.32 Å². The monoisotopic (exact) mass is 335 g/mol. The van der Waals surface area contributed by atoms with Crippen LogP contribution in [0.2, 0.25) is 0 Å². The van der Waals surface area contributed by atoms with Crippen molar-refractivity contribution in [2.24, 2.45) is 5.92 Å². The summed E-state index contributed by atoms with van der Waals surface area (Å²) in [5.41, 5.74) is -0.261. The summed E-state index contributed by atoms with van der Waals surface area (Å²) in [7, 11) is 1.23. The number of rotatable bonds is 5. The van der Waals surface area contributed by atoms with Crippen molar-refractivity contribution in [3.8, 4) is 0 Å². The number of carbonyl (C=O) groups is 1. The number of nitrogens with one attached hydrogen (secondary N) is 1. The van der Waals surface area contributed by atoms with Crippen LogP contribution in [0.25, 0.3) is 0 Å². The molecule has 0 fully saturated rings. The van der Waals surface area contributed by atoms with Gasteiger partial charge in [-0.05, 0) is 43.9 Å². The Morgan fingerprint density at radius 1 is 1.33 bits per heavy atom. The number of aryl methyl sites for hydroxylation is 1. The molecule has 0 aliphatic rings. The largest absolute Gasteiger partial charge is 0.349 e. The van der Waals surface area contributed by atoms with Gasteiger partial charge in [-0.25, -0.2) is 12.8 Å². The van der Waals surface area contributed by atoms with Gasteiger partial charge in [0, 0.05) is 16.7 Å². The highest BCUT2D eigenvalue weighted by atomic mass is 35.7. The zero-order chi connectivity index (χ0) is 16.4. The van der Waals surface area contributed by atoms with Gasteiger partial charge in [-0.15, -0.1) is 0 Å². The fourth-order valence-electron chi connectivity index (χ4n) is 2.11. The van der Waals surface area contributed by atoms with Gasteiger partial charge in [0.15, 0.2) is 0 Å². The van der Waals surface area contributed by atoms with Crippen molar-refractivity contribution in [3.63, 3.8) is 0 Å². The van der Waals surface area contributed by atoms with Gasteiger partial charge in [0.1, 0.15) is 5.82 Å². The van der Waals surface area contributed by atoms with E-state index in [9.17, 15) is 17.6 Å². The highest BCUT2D eigenvalue weighted by Crippen LogP contribution is 2.22. The third-order valence-corrected chi connectivity index (χ3v) is 4.29. The summed E-state index contributed by atoms with van der Waals surface area (Å²) >= 11 is 0. The molecule has 1 aromatic carbocycles. The topological polar surface area (TPSA) is 63.2 Å². The maximum Gasteiger partial charge on any atom is 0.261 e. The lowest BCUT2D eigenvalue weighted by molar-refractivity contribution is 0.0931. The van der Waals surface area contributed by atoms with Crippen LogP contribution >= 0.6 is 10.7 Å². The molecular formula is C14H19ClFNO3S. The summed E-state index contributed by atoms with van der Waals surface area (Å²) in [6.45, 7) is 7.21. The summed E-state index contributed by atoms with van der Waals surface area (Å²) in [6.07, 6.45) is 0.736. The first-order valence-electron chi connectivity index (χ1n) is 6.58. The standard InChI is InChI=1S/C14H19ClFNO3S/c1-8(2)5-10(4)17-14(18)12-7-11(21(15,19)20)6-9(3)13(12)16/h6-8,10H,5H2,1-4H3,(H,17,18). The molecule has 1 N–H and O–H groups in total. The molecule has 4 nitrogen and oxygen atoms in total. The summed E-state index contributed by atoms with van der Waals surface area (Å²) in [6, 6.07) is 1.92. The molecule has 1 aromatic rings. The molecule has 7 heteroatoms. The van der Waals surface area contributed by atoms with E-state index in [-0.39, 0.29) is 22.1 Å². The molecule has 0 aromatic heterocycles. The number of halogens is 2. The first-order chi connectivity index (χ1) is 9.52. The molecular weight excluding hydrogens is 317 g/mol. The van der Waals surface area contributed by atoms with E-state index < -0.39 is 20.8 Å². The molecule has 118 valence electrons. The Labute approximate surface area is 129 Å². The second-order valence-electron chi connectivity index (χ2n) is 5.54. The van der Waals surface area contributed by atoms with Crippen molar-refractivity contribution in [1.29, 1.82) is 0 Å². The molecule has 0 heterocycles. The molecule has 0 spiro atoms. The minimum absolute atomic E-state index is 0.0541. The summed E-state index contributed by atoms with van der Waals surface area (Å²) < 4.78 is 36.7. The van der Waals surface area contributed by atoms with Crippen molar-refractivity contribution in [2.75, 3.05) is 0 Å². The second-order valence-corrected chi connectivity index (χ2v) is 8.11. The smallest absolute Gasteiger partial charge is 0.261 e. The van der Waals surface area contributed by atoms with E-state index >= 15 is 0 Å². The average Bonchev–Trinajstić information content (AvgIpc) is 2.29. The van der Waals surface area contributed by atoms with Crippen LogP contribution < -0.4 is 5.32 Å². The molecule has 1 rings (SSSR count). The summed E-state index contributed by atoms with van der Waals surface area (Å²) in [4.78, 5) is 11.8. The second kappa shape index (κ2) is 6.75. The highest BCUT2D eigenvalue weighted by molar-refractivity contribution is 8.13. The summed E-state index contributed by atoms with van der Waals surface area (Å²) in [5, 5.41) is 2.66. The van der Waals surface area contributed by atoms with E-state index in [4.69, 9.17) is 10.7 Å². The maximum atomic E-state index is 14.0. The van der Waals surface area contributed by atoms with Gasteiger partial charge in [-0.3, -0.25) is 4.79 Å². The Morgan fingerprint density at radius 3 is 2.38 bits per heavy atom. The normalized spacial score (nSPS) is 13.3. The molecule has 21 heavy (non-hydrogen) atoms. The van der Waals surface area contributed by atoms with E-state index in [0.717, 1.165) is 18.6 Å². The van der Waals surface area contributed by atoms with Gasteiger partial charge in [-0.2, -0.15) is 0 Å². The van der Waals surface area contributed by atoms with E-state index in [2.05, 4.69) is 5.32 Å². The van der Waals surface area contributed by atoms with Crippen LogP contribution in [0.3, 0.4) is 0 Å². The van der Waals surface area contributed by atoms with Crippen LogP contribution in [-0.2, 0) is 9.05 Å². The minimum Gasteiger partial charge on any atom is -0.349 e. The molecule has 0 aliphatic heterocycles. The number of hydrogen-bond donors (Lipinski definition) is 1. The predicted octanol–water partition coefficient (Wildman–Crippen LogP) is 3.23. The van der Waals surface area contributed by atoms with E-state index in [1.807, 2.05) is 20.8 Å². The third-order valence-electron chi connectivity index (χ3n) is 2.96. The van der Waals surface area contributed by atoms with Gasteiger partial charge in [0.25, 0.3) is 15.0 Å². The van der Waals surface area contributed by atoms with Gasteiger partial charge >= 0.3 is 0 Å². The molecule has 0 bridgehead atoms. The van der Waals surface area contributed by atoms with E-state index in [1.165, 1.54) is 6.92 Å². The SMILES string of the molecule is Cc1cc(S(=O)(=O)Cl)cc(C(=O)NC(C)CC(C)C)c1F. The van der Waals surface area contributed by atoms with Crippen LogP contribution in [0.15, 0.2) is 17.0 Å². The molecule has 0 saturated carbocycles. The first-order valence-corrected chi connectivity index (χ1v) is 8.89. The van der Waals surface area contributed by atoms with E-state index in [1.54, 1.807) is 0 Å². The lowest BCUT2D eigenvalue weighted by atomic mass is 10.0. The first kappa shape index (κ1) is 17.9. The third kappa shape index (κ3) is 4.97. The Bertz CT molecular complexity index is 644. The van der Waals surface area contributed by atoms with Crippen LogP contribution in [0.5, 0.6) is 0 Å². The Kier molecular flexibility index (Phi) is 5.75. The number of amides is 1. The number of hydrogen-bond acceptors (Lipinski definition) is 3. The highest BCUT2D eigenvalue weighted by Gasteiger charge is 2.21. The fourth-order valence-corrected chi connectivity index (χ4v) is 2.95. The van der Waals surface area contributed by atoms with Crippen molar-refractivity contribution in [2.45, 2.75) is 45.1 Å². The Balaban J connectivity index is 3.12. The molecule has 0 saturated heterocycles. The van der Waals surface area contributed by atoms with Crippen LogP contribution in [-0.4, -0.2) is 20.4 Å². The van der Waals surface area contributed by atoms with Gasteiger partial charge < -0.3 is 5.32 Å². The quantitative estimate of drug-likeness (QED) is 0.840. The maximum absolute atomic E-state index is 14.0. The zero-order valence-electron chi connectivity index (χ0n) is 12.4. The number of carbonyl (C=O) groups excluding carboxylic acids is 1. The molecule has 0 aliphatic carbocycles. The summed E-state index contributed by atoms with van der Waals surface area (Å²) in [5.74, 6) is -1.01. The van der Waals surface area contributed by atoms with Gasteiger partial charge in [0.05, 0.1) is 10.5 Å². The minimum atomic E-state index is -4.02. The van der Waals surface area contributed by atoms with Gasteiger partial charge in [0.2, 0.25) is 0 Å². The zero-order valence-corrected chi connectivity index (χ0v) is 14.0. The Hall–Kier alpha value is -1.14. The average molecular weight is 336 g/mol. The molecule has 0 radical (unpaired) electrons. The van der Waals surface area contributed by atoms with Crippen LogP contribution in [0.1, 0.15) is 43.1 Å². The van der Waals surface area contributed by atoms with Crippen molar-refractivity contribution < 1.29 is 17.6 Å². The predicted molar refractivity (Wildman–Crippen MR) is 80.6 cm³/mol. The molecule has 1 unspecified atom stereocenters. The van der Waals surface area contributed by atoms with E-state index in [0.29, 0.717) is 5.92 Å². The lowest BCUT2D eigenvalue weighted by Gasteiger charge is -2.16. The Morgan fingerprint density at radius 2 is 1.90 bits per heavy atom. The van der Waals surface area contributed by atoms with Gasteiger partial charge in [-0.1, -0.05) is 13.8 Å². The van der Waals surface area contributed by atoms with Crippen LogP contribution in [0, 0.1) is 18.7 Å². The fraction of sp³-hybridized carbons (Fsp3) is 0.500. The number of benzene rings is 1. The molecule has 1 atom stereocenters. The molecule has 1 amide bonds. The van der Waals surface area contributed by atoms with Crippen LogP contribution in [0.4, 0.5) is 4.39 Å². The lowest BCUT2D eigenvalue weighted by Crippen LogP contribution is -2.34.